The van der Waals surface area contributed by atoms with Crippen molar-refractivity contribution in [3.63, 3.8) is 0 Å². The van der Waals surface area contributed by atoms with Gasteiger partial charge in [0.2, 0.25) is 5.91 Å². The topological polar surface area (TPSA) is 81.9 Å². The summed E-state index contributed by atoms with van der Waals surface area (Å²) in [6, 6.07) is 11.7. The van der Waals surface area contributed by atoms with Crippen LogP contribution in [0.25, 0.3) is 11.0 Å². The average molecular weight is 494 g/mol. The Kier molecular flexibility index (Phi) is 5.45. The summed E-state index contributed by atoms with van der Waals surface area (Å²) in [6.45, 7) is 2.58. The first-order chi connectivity index (χ1) is 16.9. The molecule has 182 valence electrons. The highest BCUT2D eigenvalue weighted by molar-refractivity contribution is 6.30. The molecule has 6 rings (SSSR count). The van der Waals surface area contributed by atoms with E-state index >= 15 is 0 Å². The maximum Gasteiger partial charge on any atom is 0.408 e. The van der Waals surface area contributed by atoms with Crippen LogP contribution >= 0.6 is 11.6 Å². The lowest BCUT2D eigenvalue weighted by Gasteiger charge is -2.33. The van der Waals surface area contributed by atoms with Crippen molar-refractivity contribution in [3.05, 3.63) is 58.2 Å². The first kappa shape index (κ1) is 22.4. The van der Waals surface area contributed by atoms with Gasteiger partial charge in [0.1, 0.15) is 11.5 Å². The first-order valence-electron chi connectivity index (χ1n) is 12.2. The van der Waals surface area contributed by atoms with Crippen LogP contribution in [0.1, 0.15) is 35.7 Å². The molecule has 2 saturated heterocycles. The molecule has 3 aliphatic heterocycles. The van der Waals surface area contributed by atoms with Crippen molar-refractivity contribution in [2.45, 2.75) is 37.8 Å². The Balaban J connectivity index is 1.20. The highest BCUT2D eigenvalue weighted by atomic mass is 35.5. The summed E-state index contributed by atoms with van der Waals surface area (Å²) in [5.74, 6) is 0.715. The number of pyridine rings is 1. The summed E-state index contributed by atoms with van der Waals surface area (Å²) in [6.07, 6.45) is 2.49. The molecule has 0 aliphatic carbocycles. The number of piperazine rings is 1. The van der Waals surface area contributed by atoms with E-state index in [1.165, 1.54) is 11.3 Å². The molecule has 3 aliphatic rings. The molecule has 0 spiro atoms. The van der Waals surface area contributed by atoms with Gasteiger partial charge in [0.25, 0.3) is 0 Å². The zero-order valence-corrected chi connectivity index (χ0v) is 20.4. The standard InChI is InChI=1S/C26H28ClN5O3/c1-29-21-14-18-6-8-20(32(18)26(34)35)24(21)19-7-9-22(28-25(19)29)31-13-12-30(15-23(31)33)11-10-16-2-4-17(27)5-3-16/h2-5,7,9,18,20H,6,8,10-15H2,1H3,(H,34,35). The minimum atomic E-state index is -0.843. The number of nitrogens with zero attached hydrogens (tertiary/aromatic N) is 5. The van der Waals surface area contributed by atoms with Gasteiger partial charge >= 0.3 is 6.09 Å². The number of anilines is 1. The van der Waals surface area contributed by atoms with Crippen LogP contribution in [0.2, 0.25) is 5.02 Å². The van der Waals surface area contributed by atoms with Gasteiger partial charge in [-0.15, -0.1) is 0 Å². The summed E-state index contributed by atoms with van der Waals surface area (Å²) in [7, 11) is 2.00. The van der Waals surface area contributed by atoms with Crippen LogP contribution in [0.3, 0.4) is 0 Å². The van der Waals surface area contributed by atoms with Gasteiger partial charge in [-0.2, -0.15) is 0 Å². The smallest absolute Gasteiger partial charge is 0.408 e. The molecule has 1 N–H and O–H groups in total. The summed E-state index contributed by atoms with van der Waals surface area (Å²) in [5, 5.41) is 11.5. The second-order valence-corrected chi connectivity index (χ2v) is 10.2. The van der Waals surface area contributed by atoms with Crippen molar-refractivity contribution in [1.82, 2.24) is 19.4 Å². The lowest BCUT2D eigenvalue weighted by Crippen LogP contribution is -2.51. The molecule has 2 bridgehead atoms. The number of aromatic nitrogens is 2. The molecule has 9 heteroatoms. The lowest BCUT2D eigenvalue weighted by molar-refractivity contribution is -0.121. The number of benzene rings is 1. The van der Waals surface area contributed by atoms with Gasteiger partial charge in [-0.25, -0.2) is 9.78 Å². The summed E-state index contributed by atoms with van der Waals surface area (Å²) >= 11 is 5.97. The molecule has 2 unspecified atom stereocenters. The number of carboxylic acid groups (broad SMARTS) is 1. The number of hydrogen-bond donors (Lipinski definition) is 1. The third-order valence-corrected chi connectivity index (χ3v) is 8.13. The van der Waals surface area contributed by atoms with Crippen LogP contribution in [-0.4, -0.2) is 68.7 Å². The van der Waals surface area contributed by atoms with Crippen molar-refractivity contribution in [1.29, 1.82) is 0 Å². The van der Waals surface area contributed by atoms with E-state index in [1.807, 2.05) is 43.4 Å². The number of fused-ring (bicyclic) bond motifs is 6. The van der Waals surface area contributed by atoms with Gasteiger partial charge in [0.05, 0.1) is 12.6 Å². The highest BCUT2D eigenvalue weighted by Gasteiger charge is 2.45. The molecule has 0 radical (unpaired) electrons. The summed E-state index contributed by atoms with van der Waals surface area (Å²) < 4.78 is 2.10. The molecular formula is C26H28ClN5O3. The Morgan fingerprint density at radius 2 is 1.94 bits per heavy atom. The van der Waals surface area contributed by atoms with Crippen molar-refractivity contribution >= 4 is 40.5 Å². The number of rotatable bonds is 4. The van der Waals surface area contributed by atoms with E-state index in [0.29, 0.717) is 25.3 Å². The number of aryl methyl sites for hydroxylation is 1. The van der Waals surface area contributed by atoms with Gasteiger partial charge in [-0.3, -0.25) is 19.5 Å². The second kappa shape index (κ2) is 8.53. The predicted octanol–water partition coefficient (Wildman–Crippen LogP) is 3.86. The maximum atomic E-state index is 13.0. The molecule has 2 aromatic heterocycles. The molecule has 0 saturated carbocycles. The largest absolute Gasteiger partial charge is 0.465 e. The Morgan fingerprint density at radius 3 is 2.69 bits per heavy atom. The number of halogens is 1. The number of amides is 2. The fourth-order valence-electron chi connectivity index (χ4n) is 6.11. The van der Waals surface area contributed by atoms with Crippen LogP contribution in [0.5, 0.6) is 0 Å². The maximum absolute atomic E-state index is 13.0. The molecular weight excluding hydrogens is 466 g/mol. The van der Waals surface area contributed by atoms with Crippen LogP contribution in [-0.2, 0) is 24.7 Å². The Hall–Kier alpha value is -3.10. The third kappa shape index (κ3) is 3.76. The molecule has 2 amide bonds. The predicted molar refractivity (Wildman–Crippen MR) is 134 cm³/mol. The fourth-order valence-corrected chi connectivity index (χ4v) is 6.24. The SMILES string of the molecule is Cn1c2c(c3ccc(N4CCN(CCc5ccc(Cl)cc5)CC4=O)nc31)C1CCC(C2)N1C(=O)O. The monoisotopic (exact) mass is 493 g/mol. The Morgan fingerprint density at radius 1 is 1.14 bits per heavy atom. The molecule has 2 atom stereocenters. The molecule has 3 aromatic rings. The second-order valence-electron chi connectivity index (χ2n) is 9.80. The van der Waals surface area contributed by atoms with Crippen LogP contribution in [0, 0.1) is 0 Å². The molecule has 2 fully saturated rings. The minimum absolute atomic E-state index is 0.0370. The normalized spacial score (nSPS) is 22.2. The van der Waals surface area contributed by atoms with Crippen LogP contribution in [0.4, 0.5) is 10.6 Å². The van der Waals surface area contributed by atoms with Gasteiger partial charge in [0.15, 0.2) is 0 Å². The highest BCUT2D eigenvalue weighted by Crippen LogP contribution is 2.47. The summed E-state index contributed by atoms with van der Waals surface area (Å²) in [4.78, 5) is 35.4. The van der Waals surface area contributed by atoms with E-state index in [0.717, 1.165) is 54.0 Å². The quantitative estimate of drug-likeness (QED) is 0.597. The average Bonchev–Trinajstić information content (AvgIpc) is 3.32. The third-order valence-electron chi connectivity index (χ3n) is 7.88. The zero-order chi connectivity index (χ0) is 24.3. The zero-order valence-electron chi connectivity index (χ0n) is 19.7. The first-order valence-corrected chi connectivity index (χ1v) is 12.5. The number of carbonyl (C=O) groups is 2. The van der Waals surface area contributed by atoms with Gasteiger partial charge in [-0.1, -0.05) is 23.7 Å². The van der Waals surface area contributed by atoms with Crippen LogP contribution in [0.15, 0.2) is 36.4 Å². The lowest BCUT2D eigenvalue weighted by atomic mass is 9.98. The van der Waals surface area contributed by atoms with Crippen molar-refractivity contribution < 1.29 is 14.7 Å². The Labute approximate surface area is 208 Å². The van der Waals surface area contributed by atoms with Crippen molar-refractivity contribution in [2.24, 2.45) is 7.05 Å². The van der Waals surface area contributed by atoms with E-state index in [-0.39, 0.29) is 18.0 Å². The molecule has 35 heavy (non-hydrogen) atoms. The van der Waals surface area contributed by atoms with Crippen LogP contribution < -0.4 is 4.90 Å². The molecule has 8 nitrogen and oxygen atoms in total. The minimum Gasteiger partial charge on any atom is -0.465 e. The van der Waals surface area contributed by atoms with E-state index in [9.17, 15) is 14.7 Å². The van der Waals surface area contributed by atoms with E-state index in [1.54, 1.807) is 9.80 Å². The van der Waals surface area contributed by atoms with Gasteiger partial charge < -0.3 is 9.67 Å². The number of hydrogen-bond acceptors (Lipinski definition) is 4. The number of carbonyl (C=O) groups excluding carboxylic acids is 1. The molecule has 1 aromatic carbocycles. The van der Waals surface area contributed by atoms with E-state index in [4.69, 9.17) is 16.6 Å². The van der Waals surface area contributed by atoms with E-state index in [2.05, 4.69) is 9.47 Å². The van der Waals surface area contributed by atoms with Crippen molar-refractivity contribution in [2.75, 3.05) is 31.1 Å². The van der Waals surface area contributed by atoms with E-state index < -0.39 is 6.09 Å². The van der Waals surface area contributed by atoms with Gasteiger partial charge in [0, 0.05) is 60.8 Å². The van der Waals surface area contributed by atoms with Gasteiger partial charge in [-0.05, 0) is 49.1 Å². The molecule has 5 heterocycles. The summed E-state index contributed by atoms with van der Waals surface area (Å²) in [5.41, 5.74) is 4.30. The van der Waals surface area contributed by atoms with Crippen molar-refractivity contribution in [3.8, 4) is 0 Å². The fraction of sp³-hybridized carbons (Fsp3) is 0.423. The Bertz CT molecular complexity index is 1320.